The fraction of sp³-hybridized carbons (Fsp3) is 0.143. The highest BCUT2D eigenvalue weighted by Crippen LogP contribution is 2.33. The predicted molar refractivity (Wildman–Crippen MR) is 77.9 cm³/mol. The number of alkyl halides is 3. The fourth-order valence-corrected chi connectivity index (χ4v) is 2.47. The zero-order chi connectivity index (χ0) is 15.6. The van der Waals surface area contributed by atoms with Crippen molar-refractivity contribution in [3.8, 4) is 0 Å². The molecule has 0 bridgehead atoms. The second-order valence-electron chi connectivity index (χ2n) is 4.28. The lowest BCUT2D eigenvalue weighted by atomic mass is 10.1. The molecular formula is C14H9BrClF4N. The van der Waals surface area contributed by atoms with Crippen LogP contribution in [0.4, 0.5) is 23.2 Å². The van der Waals surface area contributed by atoms with Crippen molar-refractivity contribution in [3.63, 3.8) is 0 Å². The molecule has 0 atom stereocenters. The van der Waals surface area contributed by atoms with Crippen LogP contribution in [0.5, 0.6) is 0 Å². The maximum atomic E-state index is 13.6. The minimum atomic E-state index is -4.45. The Kier molecular flexibility index (Phi) is 4.78. The average molecular weight is 383 g/mol. The monoisotopic (exact) mass is 381 g/mol. The summed E-state index contributed by atoms with van der Waals surface area (Å²) >= 11 is 8.88. The van der Waals surface area contributed by atoms with E-state index >= 15 is 0 Å². The van der Waals surface area contributed by atoms with Gasteiger partial charge in [0.1, 0.15) is 5.82 Å². The molecule has 112 valence electrons. The molecule has 0 saturated carbocycles. The molecule has 2 rings (SSSR count). The van der Waals surface area contributed by atoms with Crippen molar-refractivity contribution in [3.05, 3.63) is 62.8 Å². The molecule has 0 aliphatic heterocycles. The van der Waals surface area contributed by atoms with Gasteiger partial charge >= 0.3 is 6.18 Å². The molecule has 2 aromatic carbocycles. The number of hydrogen-bond donors (Lipinski definition) is 1. The molecule has 1 N–H and O–H groups in total. The molecule has 0 aliphatic carbocycles. The van der Waals surface area contributed by atoms with Crippen molar-refractivity contribution in [2.24, 2.45) is 0 Å². The van der Waals surface area contributed by atoms with Gasteiger partial charge in [0, 0.05) is 27.3 Å². The van der Waals surface area contributed by atoms with Gasteiger partial charge in [0.25, 0.3) is 0 Å². The molecule has 0 saturated heterocycles. The molecule has 0 aromatic heterocycles. The van der Waals surface area contributed by atoms with Crippen molar-refractivity contribution in [1.82, 2.24) is 0 Å². The molecular weight excluding hydrogens is 374 g/mol. The van der Waals surface area contributed by atoms with Gasteiger partial charge in [0.15, 0.2) is 0 Å². The zero-order valence-corrected chi connectivity index (χ0v) is 12.8. The van der Waals surface area contributed by atoms with Crippen molar-refractivity contribution >= 4 is 33.2 Å². The van der Waals surface area contributed by atoms with Crippen molar-refractivity contribution in [1.29, 1.82) is 0 Å². The summed E-state index contributed by atoms with van der Waals surface area (Å²) in [7, 11) is 0. The van der Waals surface area contributed by atoms with Crippen LogP contribution in [0, 0.1) is 5.82 Å². The van der Waals surface area contributed by atoms with Crippen LogP contribution in [0.3, 0.4) is 0 Å². The lowest BCUT2D eigenvalue weighted by Gasteiger charge is -2.13. The summed E-state index contributed by atoms with van der Waals surface area (Å²) in [4.78, 5) is 0. The number of anilines is 1. The van der Waals surface area contributed by atoms with Crippen molar-refractivity contribution < 1.29 is 17.6 Å². The van der Waals surface area contributed by atoms with Crippen LogP contribution in [0.25, 0.3) is 0 Å². The Morgan fingerprint density at radius 2 is 1.86 bits per heavy atom. The molecule has 0 fully saturated rings. The van der Waals surface area contributed by atoms with Gasteiger partial charge in [0.2, 0.25) is 0 Å². The van der Waals surface area contributed by atoms with Gasteiger partial charge in [-0.05, 0) is 30.3 Å². The van der Waals surface area contributed by atoms with Gasteiger partial charge in [-0.2, -0.15) is 13.2 Å². The van der Waals surface area contributed by atoms with Gasteiger partial charge in [-0.1, -0.05) is 33.6 Å². The van der Waals surface area contributed by atoms with Gasteiger partial charge in [-0.25, -0.2) is 4.39 Å². The Labute approximate surface area is 132 Å². The highest BCUT2D eigenvalue weighted by Gasteiger charge is 2.31. The molecule has 2 aromatic rings. The Balaban J connectivity index is 2.23. The lowest BCUT2D eigenvalue weighted by molar-refractivity contribution is -0.137. The first-order valence-corrected chi connectivity index (χ1v) is 6.99. The summed E-state index contributed by atoms with van der Waals surface area (Å²) in [5.41, 5.74) is -0.372. The highest BCUT2D eigenvalue weighted by atomic mass is 79.9. The van der Waals surface area contributed by atoms with E-state index in [0.29, 0.717) is 0 Å². The largest absolute Gasteiger partial charge is 0.416 e. The standard InChI is InChI=1S/C14H9BrClF4N/c15-9-4-8(14(18,19)20)5-10(6-9)21-7-11-12(16)2-1-3-13(11)17/h1-6,21H,7H2. The van der Waals surface area contributed by atoms with E-state index in [-0.39, 0.29) is 27.3 Å². The lowest BCUT2D eigenvalue weighted by Crippen LogP contribution is -2.07. The summed E-state index contributed by atoms with van der Waals surface area (Å²) in [6.45, 7) is -0.0146. The summed E-state index contributed by atoms with van der Waals surface area (Å²) < 4.78 is 52.0. The summed E-state index contributed by atoms with van der Waals surface area (Å²) in [6.07, 6.45) is -4.45. The fourth-order valence-electron chi connectivity index (χ4n) is 1.75. The molecule has 0 spiro atoms. The molecule has 0 radical (unpaired) electrons. The molecule has 0 unspecified atom stereocenters. The average Bonchev–Trinajstić information content (AvgIpc) is 2.36. The number of benzene rings is 2. The maximum absolute atomic E-state index is 13.6. The molecule has 21 heavy (non-hydrogen) atoms. The molecule has 7 heteroatoms. The first kappa shape index (κ1) is 16.1. The van der Waals surface area contributed by atoms with Gasteiger partial charge < -0.3 is 5.32 Å². The number of rotatable bonds is 3. The van der Waals surface area contributed by atoms with Crippen LogP contribution in [0.1, 0.15) is 11.1 Å². The van der Waals surface area contributed by atoms with E-state index in [1.807, 2.05) is 0 Å². The van der Waals surface area contributed by atoms with Crippen LogP contribution >= 0.6 is 27.5 Å². The minimum absolute atomic E-state index is 0.0146. The normalized spacial score (nSPS) is 11.5. The third-order valence-corrected chi connectivity index (χ3v) is 3.57. The highest BCUT2D eigenvalue weighted by molar-refractivity contribution is 9.10. The molecule has 0 aliphatic rings. The Bertz CT molecular complexity index is 638. The van der Waals surface area contributed by atoms with Crippen LogP contribution in [0.15, 0.2) is 40.9 Å². The summed E-state index contributed by atoms with van der Waals surface area (Å²) in [6, 6.07) is 7.63. The van der Waals surface area contributed by atoms with Crippen LogP contribution in [-0.2, 0) is 12.7 Å². The van der Waals surface area contributed by atoms with E-state index < -0.39 is 17.6 Å². The van der Waals surface area contributed by atoms with E-state index in [2.05, 4.69) is 21.2 Å². The summed E-state index contributed by atoms with van der Waals surface area (Å²) in [5, 5.41) is 2.96. The topological polar surface area (TPSA) is 12.0 Å². The quantitative estimate of drug-likeness (QED) is 0.654. The molecule has 0 heterocycles. The van der Waals surface area contributed by atoms with Crippen LogP contribution in [-0.4, -0.2) is 0 Å². The zero-order valence-electron chi connectivity index (χ0n) is 10.4. The van der Waals surface area contributed by atoms with E-state index in [9.17, 15) is 17.6 Å². The van der Waals surface area contributed by atoms with Crippen molar-refractivity contribution in [2.75, 3.05) is 5.32 Å². The van der Waals surface area contributed by atoms with E-state index in [4.69, 9.17) is 11.6 Å². The summed E-state index contributed by atoms with van der Waals surface area (Å²) in [5.74, 6) is -0.513. The first-order valence-electron chi connectivity index (χ1n) is 5.82. The Morgan fingerprint density at radius 1 is 1.14 bits per heavy atom. The predicted octanol–water partition coefficient (Wildman–Crippen LogP) is 5.87. The third-order valence-electron chi connectivity index (χ3n) is 2.76. The number of halogens is 6. The second-order valence-corrected chi connectivity index (χ2v) is 5.60. The number of nitrogens with one attached hydrogen (secondary N) is 1. The second kappa shape index (κ2) is 6.23. The maximum Gasteiger partial charge on any atom is 0.416 e. The Morgan fingerprint density at radius 3 is 2.48 bits per heavy atom. The van der Waals surface area contributed by atoms with Crippen LogP contribution in [0.2, 0.25) is 5.02 Å². The molecule has 0 amide bonds. The van der Waals surface area contributed by atoms with Gasteiger partial charge in [0.05, 0.1) is 5.56 Å². The van der Waals surface area contributed by atoms with Gasteiger partial charge in [-0.15, -0.1) is 0 Å². The third kappa shape index (κ3) is 4.11. The van der Waals surface area contributed by atoms with Gasteiger partial charge in [-0.3, -0.25) is 0 Å². The van der Waals surface area contributed by atoms with E-state index in [1.54, 1.807) is 0 Å². The van der Waals surface area contributed by atoms with E-state index in [1.165, 1.54) is 24.3 Å². The minimum Gasteiger partial charge on any atom is -0.381 e. The van der Waals surface area contributed by atoms with Crippen molar-refractivity contribution in [2.45, 2.75) is 12.7 Å². The molecule has 1 nitrogen and oxygen atoms in total. The SMILES string of the molecule is Fc1cccc(Cl)c1CNc1cc(Br)cc(C(F)(F)F)c1. The number of hydrogen-bond acceptors (Lipinski definition) is 1. The van der Waals surface area contributed by atoms with E-state index in [0.717, 1.165) is 12.1 Å². The van der Waals surface area contributed by atoms with Crippen LogP contribution < -0.4 is 5.32 Å². The first-order chi connectivity index (χ1) is 9.77. The Hall–Kier alpha value is -1.27. The smallest absolute Gasteiger partial charge is 0.381 e.